The predicted octanol–water partition coefficient (Wildman–Crippen LogP) is 0.578. The van der Waals surface area contributed by atoms with Crippen LogP contribution in [0.25, 0.3) is 0 Å². The molecule has 19 heavy (non-hydrogen) atoms. The van der Waals surface area contributed by atoms with E-state index in [2.05, 4.69) is 34.8 Å². The molecule has 0 aromatic rings. The first-order valence-electron chi connectivity index (χ1n) is 6.38. The minimum absolute atomic E-state index is 0. The largest absolute Gasteiger partial charge is 0.383 e. The molecule has 0 aromatic heterocycles. The summed E-state index contributed by atoms with van der Waals surface area (Å²) in [7, 11) is 1.60. The summed E-state index contributed by atoms with van der Waals surface area (Å²) in [6, 6.07) is 0. The first-order valence-corrected chi connectivity index (χ1v) is 6.38. The Hall–Kier alpha value is -0.570. The molecule has 7 heteroatoms. The summed E-state index contributed by atoms with van der Waals surface area (Å²) < 4.78 is 4.85. The van der Waals surface area contributed by atoms with Gasteiger partial charge in [-0.05, 0) is 12.8 Å². The third-order valence-corrected chi connectivity index (χ3v) is 2.03. The number of amides is 1. The Kier molecular flexibility index (Phi) is 15.1. The molecule has 6 nitrogen and oxygen atoms in total. The Bertz CT molecular complexity index is 260. The molecule has 0 unspecified atom stereocenters. The van der Waals surface area contributed by atoms with E-state index < -0.39 is 0 Å². The van der Waals surface area contributed by atoms with Crippen molar-refractivity contribution in [3.63, 3.8) is 0 Å². The molecule has 114 valence electrons. The van der Waals surface area contributed by atoms with Crippen molar-refractivity contribution < 1.29 is 9.53 Å². The molecule has 3 N–H and O–H groups in total. The lowest BCUT2D eigenvalue weighted by Crippen LogP contribution is -2.40. The van der Waals surface area contributed by atoms with E-state index in [0.717, 1.165) is 13.1 Å². The van der Waals surface area contributed by atoms with Crippen molar-refractivity contribution in [1.82, 2.24) is 16.0 Å². The van der Waals surface area contributed by atoms with Crippen LogP contribution >= 0.6 is 24.0 Å². The van der Waals surface area contributed by atoms with Crippen LogP contribution in [0.3, 0.4) is 0 Å². The molecule has 0 heterocycles. The number of aliphatic imine (C=N–C) groups is 1. The van der Waals surface area contributed by atoms with Gasteiger partial charge in [-0.3, -0.25) is 4.79 Å². The Morgan fingerprint density at radius 2 is 1.95 bits per heavy atom. The van der Waals surface area contributed by atoms with Crippen LogP contribution in [-0.4, -0.2) is 51.8 Å². The van der Waals surface area contributed by atoms with Gasteiger partial charge in [0.25, 0.3) is 0 Å². The molecule has 0 saturated carbocycles. The van der Waals surface area contributed by atoms with E-state index >= 15 is 0 Å². The van der Waals surface area contributed by atoms with Gasteiger partial charge in [-0.15, -0.1) is 24.0 Å². The first-order chi connectivity index (χ1) is 8.60. The van der Waals surface area contributed by atoms with Crippen LogP contribution in [-0.2, 0) is 9.53 Å². The van der Waals surface area contributed by atoms with E-state index in [9.17, 15) is 4.79 Å². The van der Waals surface area contributed by atoms with Crippen molar-refractivity contribution >= 4 is 35.8 Å². The lowest BCUT2D eigenvalue weighted by atomic mass is 10.2. The topological polar surface area (TPSA) is 74.8 Å². The molecule has 0 fully saturated rings. The zero-order chi connectivity index (χ0) is 13.8. The number of carbonyl (C=O) groups is 1. The van der Waals surface area contributed by atoms with E-state index in [0.29, 0.717) is 25.0 Å². The summed E-state index contributed by atoms with van der Waals surface area (Å²) in [4.78, 5) is 15.6. The van der Waals surface area contributed by atoms with Gasteiger partial charge in [0.05, 0.1) is 6.61 Å². The van der Waals surface area contributed by atoms with Gasteiger partial charge in [-0.1, -0.05) is 13.8 Å². The Balaban J connectivity index is 0. The first kappa shape index (κ1) is 20.7. The molecule has 1 amide bonds. The zero-order valence-corrected chi connectivity index (χ0v) is 14.6. The van der Waals surface area contributed by atoms with Crippen molar-refractivity contribution in [3.8, 4) is 0 Å². The van der Waals surface area contributed by atoms with E-state index in [-0.39, 0.29) is 36.4 Å². The van der Waals surface area contributed by atoms with Gasteiger partial charge in [0.15, 0.2) is 5.96 Å². The van der Waals surface area contributed by atoms with Crippen LogP contribution in [0.1, 0.15) is 20.8 Å². The summed E-state index contributed by atoms with van der Waals surface area (Å²) >= 11 is 0. The Labute approximate surface area is 133 Å². The van der Waals surface area contributed by atoms with Crippen LogP contribution in [0.15, 0.2) is 4.99 Å². The van der Waals surface area contributed by atoms with E-state index in [1.807, 2.05) is 6.92 Å². The summed E-state index contributed by atoms with van der Waals surface area (Å²) in [6.45, 7) is 8.98. The highest BCUT2D eigenvalue weighted by Gasteiger charge is 2.02. The molecular formula is C12H27IN4O2. The smallest absolute Gasteiger partial charge is 0.241 e. The number of hydrogen-bond donors (Lipinski definition) is 3. The molecule has 0 bridgehead atoms. The number of ether oxygens (including phenoxy) is 1. The van der Waals surface area contributed by atoms with Crippen LogP contribution in [0.5, 0.6) is 0 Å². The summed E-state index contributed by atoms with van der Waals surface area (Å²) in [5.74, 6) is 1.10. The van der Waals surface area contributed by atoms with Gasteiger partial charge < -0.3 is 20.7 Å². The average Bonchev–Trinajstić information content (AvgIpc) is 2.33. The molecule has 0 saturated heterocycles. The van der Waals surface area contributed by atoms with Gasteiger partial charge in [0, 0.05) is 26.7 Å². The fourth-order valence-electron chi connectivity index (χ4n) is 1.14. The minimum Gasteiger partial charge on any atom is -0.383 e. The number of nitrogens with zero attached hydrogens (tertiary/aromatic N) is 1. The van der Waals surface area contributed by atoms with Gasteiger partial charge in [0.2, 0.25) is 5.91 Å². The van der Waals surface area contributed by atoms with Gasteiger partial charge >= 0.3 is 0 Å². The highest BCUT2D eigenvalue weighted by Crippen LogP contribution is 1.87. The number of halogens is 1. The highest BCUT2D eigenvalue weighted by molar-refractivity contribution is 14.0. The zero-order valence-electron chi connectivity index (χ0n) is 12.3. The number of methoxy groups -OCH3 is 1. The number of hydrogen-bond acceptors (Lipinski definition) is 3. The van der Waals surface area contributed by atoms with Gasteiger partial charge in [0.1, 0.15) is 6.54 Å². The van der Waals surface area contributed by atoms with E-state index in [4.69, 9.17) is 4.74 Å². The molecule has 0 rings (SSSR count). The third-order valence-electron chi connectivity index (χ3n) is 2.03. The van der Waals surface area contributed by atoms with Crippen LogP contribution in [0, 0.1) is 5.92 Å². The predicted molar refractivity (Wildman–Crippen MR) is 89.1 cm³/mol. The lowest BCUT2D eigenvalue weighted by molar-refractivity contribution is -0.119. The quantitative estimate of drug-likeness (QED) is 0.247. The maximum atomic E-state index is 11.4. The number of guanidine groups is 1. The maximum Gasteiger partial charge on any atom is 0.241 e. The number of rotatable bonds is 8. The lowest BCUT2D eigenvalue weighted by Gasteiger charge is -2.12. The van der Waals surface area contributed by atoms with Crippen LogP contribution < -0.4 is 16.0 Å². The second kappa shape index (κ2) is 13.9. The van der Waals surface area contributed by atoms with Crippen molar-refractivity contribution in [2.45, 2.75) is 20.8 Å². The van der Waals surface area contributed by atoms with Crippen LogP contribution in [0.4, 0.5) is 0 Å². The SMILES string of the molecule is CCNC(=NCC(=O)NCCOC)NCC(C)C.I. The Morgan fingerprint density at radius 3 is 2.47 bits per heavy atom. The summed E-state index contributed by atoms with van der Waals surface area (Å²) in [6.07, 6.45) is 0. The average molecular weight is 386 g/mol. The number of carbonyl (C=O) groups excluding carboxylic acids is 1. The van der Waals surface area contributed by atoms with Crippen molar-refractivity contribution in [2.75, 3.05) is 39.9 Å². The monoisotopic (exact) mass is 386 g/mol. The van der Waals surface area contributed by atoms with E-state index in [1.165, 1.54) is 0 Å². The van der Waals surface area contributed by atoms with Gasteiger partial charge in [-0.2, -0.15) is 0 Å². The highest BCUT2D eigenvalue weighted by atomic mass is 127. The third kappa shape index (κ3) is 13.7. The summed E-state index contributed by atoms with van der Waals surface area (Å²) in [5, 5.41) is 8.99. The van der Waals surface area contributed by atoms with Gasteiger partial charge in [-0.25, -0.2) is 4.99 Å². The molecule has 0 spiro atoms. The molecule has 0 aliphatic carbocycles. The summed E-state index contributed by atoms with van der Waals surface area (Å²) in [5.41, 5.74) is 0. The Morgan fingerprint density at radius 1 is 1.26 bits per heavy atom. The molecule has 0 aromatic carbocycles. The fraction of sp³-hybridized carbons (Fsp3) is 0.833. The molecule has 0 atom stereocenters. The second-order valence-corrected chi connectivity index (χ2v) is 4.31. The molecule has 0 aliphatic heterocycles. The van der Waals surface area contributed by atoms with Crippen LogP contribution in [0.2, 0.25) is 0 Å². The standard InChI is InChI=1S/C12H26N4O2.HI/c1-5-13-12(15-8-10(2)3)16-9-11(17)14-6-7-18-4;/h10H,5-9H2,1-4H3,(H,14,17)(H2,13,15,16);1H. The molecule has 0 aliphatic rings. The second-order valence-electron chi connectivity index (χ2n) is 4.31. The maximum absolute atomic E-state index is 11.4. The van der Waals surface area contributed by atoms with E-state index in [1.54, 1.807) is 7.11 Å². The van der Waals surface area contributed by atoms with Crippen molar-refractivity contribution in [3.05, 3.63) is 0 Å². The number of nitrogens with one attached hydrogen (secondary N) is 3. The molecular weight excluding hydrogens is 359 g/mol. The minimum atomic E-state index is -0.103. The molecule has 0 radical (unpaired) electrons. The van der Waals surface area contributed by atoms with Crippen molar-refractivity contribution in [2.24, 2.45) is 10.9 Å². The van der Waals surface area contributed by atoms with Crippen molar-refractivity contribution in [1.29, 1.82) is 0 Å². The normalized spacial score (nSPS) is 10.9. The fourth-order valence-corrected chi connectivity index (χ4v) is 1.14.